The van der Waals surface area contributed by atoms with Gasteiger partial charge in [0.2, 0.25) is 6.79 Å². The zero-order valence-corrected chi connectivity index (χ0v) is 19.0. The molecule has 0 N–H and O–H groups in total. The predicted molar refractivity (Wildman–Crippen MR) is 129 cm³/mol. The van der Waals surface area contributed by atoms with E-state index in [2.05, 4.69) is 22.0 Å². The van der Waals surface area contributed by atoms with Gasteiger partial charge in [-0.15, -0.1) is 0 Å². The fourth-order valence-corrected chi connectivity index (χ4v) is 5.87. The topological polar surface area (TPSA) is 51.7 Å². The van der Waals surface area contributed by atoms with Crippen molar-refractivity contribution in [3.63, 3.8) is 0 Å². The number of fused-ring (bicyclic) bond motifs is 2. The van der Waals surface area contributed by atoms with Crippen LogP contribution in [-0.2, 0) is 0 Å². The molecule has 1 aliphatic carbocycles. The molecule has 2 fully saturated rings. The number of nitrogens with zero attached hydrogens (tertiary/aromatic N) is 2. The van der Waals surface area contributed by atoms with E-state index in [0.29, 0.717) is 6.04 Å². The number of hydrogen-bond acceptors (Lipinski definition) is 4. The monoisotopic (exact) mass is 442 g/mol. The Bertz CT molecular complexity index is 1180. The van der Waals surface area contributed by atoms with E-state index < -0.39 is 0 Å². The van der Waals surface area contributed by atoms with Gasteiger partial charge in [-0.3, -0.25) is 9.78 Å². The number of benzene rings is 2. The molecule has 1 saturated carbocycles. The molecule has 5 nitrogen and oxygen atoms in total. The van der Waals surface area contributed by atoms with E-state index in [4.69, 9.17) is 9.47 Å². The Morgan fingerprint density at radius 1 is 0.909 bits per heavy atom. The minimum Gasteiger partial charge on any atom is -0.454 e. The molecule has 0 spiro atoms. The van der Waals surface area contributed by atoms with Crippen LogP contribution in [-0.4, -0.2) is 35.2 Å². The SMILES string of the molecule is O=C(c1ccnc2ccc(-c3ccc4c(c3)OCO4)cc12)N1CCC[C@H]1CCC1CCCC1. The second kappa shape index (κ2) is 8.69. The number of rotatable bonds is 5. The second-order valence-electron chi connectivity index (χ2n) is 9.68. The van der Waals surface area contributed by atoms with Crippen molar-refractivity contribution >= 4 is 16.8 Å². The first-order valence-electron chi connectivity index (χ1n) is 12.4. The highest BCUT2D eigenvalue weighted by molar-refractivity contribution is 6.07. The Morgan fingerprint density at radius 3 is 2.64 bits per heavy atom. The van der Waals surface area contributed by atoms with Crippen molar-refractivity contribution in [1.82, 2.24) is 9.88 Å². The molecular formula is C28H30N2O3. The van der Waals surface area contributed by atoms with Crippen LogP contribution < -0.4 is 9.47 Å². The molecule has 3 aliphatic rings. The lowest BCUT2D eigenvalue weighted by molar-refractivity contribution is 0.0727. The van der Waals surface area contributed by atoms with Crippen LogP contribution in [0, 0.1) is 5.92 Å². The van der Waals surface area contributed by atoms with Crippen molar-refractivity contribution < 1.29 is 14.3 Å². The van der Waals surface area contributed by atoms with E-state index in [1.165, 1.54) is 32.1 Å². The Morgan fingerprint density at radius 2 is 1.73 bits per heavy atom. The zero-order valence-electron chi connectivity index (χ0n) is 19.0. The predicted octanol–water partition coefficient (Wildman–Crippen LogP) is 6.21. The number of ether oxygens (including phenoxy) is 2. The molecule has 3 aromatic rings. The number of aromatic nitrogens is 1. The highest BCUT2D eigenvalue weighted by Gasteiger charge is 2.31. The first-order chi connectivity index (χ1) is 16.3. The summed E-state index contributed by atoms with van der Waals surface area (Å²) >= 11 is 0. The van der Waals surface area contributed by atoms with E-state index >= 15 is 0 Å². The van der Waals surface area contributed by atoms with Crippen LogP contribution >= 0.6 is 0 Å². The van der Waals surface area contributed by atoms with Gasteiger partial charge in [-0.05, 0) is 73.1 Å². The molecule has 1 saturated heterocycles. The molecule has 2 aliphatic heterocycles. The Balaban J connectivity index is 1.29. The highest BCUT2D eigenvalue weighted by atomic mass is 16.7. The number of hydrogen-bond donors (Lipinski definition) is 0. The highest BCUT2D eigenvalue weighted by Crippen LogP contribution is 2.37. The van der Waals surface area contributed by atoms with Crippen LogP contribution in [0.3, 0.4) is 0 Å². The van der Waals surface area contributed by atoms with Gasteiger partial charge in [-0.1, -0.05) is 37.8 Å². The molecule has 170 valence electrons. The fourth-order valence-electron chi connectivity index (χ4n) is 5.87. The lowest BCUT2D eigenvalue weighted by Crippen LogP contribution is -2.35. The van der Waals surface area contributed by atoms with Gasteiger partial charge >= 0.3 is 0 Å². The fraction of sp³-hybridized carbons (Fsp3) is 0.429. The molecule has 0 unspecified atom stereocenters. The van der Waals surface area contributed by atoms with Gasteiger partial charge in [-0.25, -0.2) is 0 Å². The van der Waals surface area contributed by atoms with Gasteiger partial charge in [0.15, 0.2) is 11.5 Å². The molecule has 1 atom stereocenters. The molecule has 3 heterocycles. The molecule has 1 aromatic heterocycles. The maximum atomic E-state index is 13.7. The molecule has 5 heteroatoms. The van der Waals surface area contributed by atoms with E-state index in [1.807, 2.05) is 30.3 Å². The molecule has 0 bridgehead atoms. The largest absolute Gasteiger partial charge is 0.454 e. The number of pyridine rings is 1. The van der Waals surface area contributed by atoms with Crippen LogP contribution in [0.4, 0.5) is 0 Å². The summed E-state index contributed by atoms with van der Waals surface area (Å²) in [5.41, 5.74) is 3.70. The van der Waals surface area contributed by atoms with Gasteiger partial charge < -0.3 is 14.4 Å². The minimum atomic E-state index is 0.152. The summed E-state index contributed by atoms with van der Waals surface area (Å²) in [6.07, 6.45) is 11.9. The van der Waals surface area contributed by atoms with Gasteiger partial charge in [-0.2, -0.15) is 0 Å². The maximum Gasteiger partial charge on any atom is 0.254 e. The van der Waals surface area contributed by atoms with E-state index in [-0.39, 0.29) is 12.7 Å². The van der Waals surface area contributed by atoms with Crippen molar-refractivity contribution in [3.05, 3.63) is 54.2 Å². The maximum absolute atomic E-state index is 13.7. The first-order valence-corrected chi connectivity index (χ1v) is 12.4. The number of likely N-dealkylation sites (tertiary alicyclic amines) is 1. The summed E-state index contributed by atoms with van der Waals surface area (Å²) in [6, 6.07) is 14.4. The van der Waals surface area contributed by atoms with Gasteiger partial charge in [0.25, 0.3) is 5.91 Å². The van der Waals surface area contributed by atoms with Crippen molar-refractivity contribution in [2.24, 2.45) is 5.92 Å². The average molecular weight is 443 g/mol. The summed E-state index contributed by atoms with van der Waals surface area (Å²) in [6.45, 7) is 1.12. The summed E-state index contributed by atoms with van der Waals surface area (Å²) < 4.78 is 11.0. The normalized spacial score (nSPS) is 20.1. The lowest BCUT2D eigenvalue weighted by Gasteiger charge is -2.26. The molecular weight excluding hydrogens is 412 g/mol. The third kappa shape index (κ3) is 3.94. The Labute approximate surface area is 194 Å². The Hall–Kier alpha value is -3.08. The minimum absolute atomic E-state index is 0.152. The van der Waals surface area contributed by atoms with E-state index in [1.54, 1.807) is 6.20 Å². The average Bonchev–Trinajstić information content (AvgIpc) is 3.62. The number of amides is 1. The summed E-state index contributed by atoms with van der Waals surface area (Å²) in [5, 5.41) is 0.916. The molecule has 2 aromatic carbocycles. The van der Waals surface area contributed by atoms with Crippen molar-refractivity contribution in [1.29, 1.82) is 0 Å². The van der Waals surface area contributed by atoms with Crippen LogP contribution in [0.1, 0.15) is 61.7 Å². The first kappa shape index (κ1) is 20.5. The second-order valence-corrected chi connectivity index (χ2v) is 9.68. The lowest BCUT2D eigenvalue weighted by atomic mass is 9.97. The van der Waals surface area contributed by atoms with Gasteiger partial charge in [0.1, 0.15) is 0 Å². The summed E-state index contributed by atoms with van der Waals surface area (Å²) in [4.78, 5) is 20.4. The van der Waals surface area contributed by atoms with Crippen molar-refractivity contribution in [3.8, 4) is 22.6 Å². The van der Waals surface area contributed by atoms with Gasteiger partial charge in [0, 0.05) is 24.2 Å². The van der Waals surface area contributed by atoms with Crippen molar-refractivity contribution in [2.75, 3.05) is 13.3 Å². The molecule has 1 amide bonds. The standard InChI is InChI=1S/C28H30N2O3/c31-28(30-15-3-6-22(30)10-7-19-4-1-2-5-19)23-13-14-29-25-11-8-20(16-24(23)25)21-9-12-26-27(17-21)33-18-32-26/h8-9,11-14,16-17,19,22H,1-7,10,15,18H2/t22-/m0/s1. The number of carbonyl (C=O) groups excluding carboxylic acids is 1. The van der Waals surface area contributed by atoms with E-state index in [0.717, 1.165) is 70.8 Å². The molecule has 0 radical (unpaired) electrons. The molecule has 6 rings (SSSR count). The van der Waals surface area contributed by atoms with E-state index in [9.17, 15) is 4.79 Å². The van der Waals surface area contributed by atoms with Crippen LogP contribution in [0.25, 0.3) is 22.0 Å². The van der Waals surface area contributed by atoms with Crippen LogP contribution in [0.2, 0.25) is 0 Å². The smallest absolute Gasteiger partial charge is 0.254 e. The third-order valence-electron chi connectivity index (χ3n) is 7.70. The number of carbonyl (C=O) groups is 1. The quantitative estimate of drug-likeness (QED) is 0.472. The van der Waals surface area contributed by atoms with Gasteiger partial charge in [0.05, 0.1) is 11.1 Å². The molecule has 33 heavy (non-hydrogen) atoms. The summed E-state index contributed by atoms with van der Waals surface area (Å²) in [7, 11) is 0. The van der Waals surface area contributed by atoms with Crippen LogP contribution in [0.5, 0.6) is 11.5 Å². The Kier molecular flexibility index (Phi) is 5.41. The van der Waals surface area contributed by atoms with Crippen molar-refractivity contribution in [2.45, 2.75) is 57.4 Å². The van der Waals surface area contributed by atoms with Crippen LogP contribution in [0.15, 0.2) is 48.7 Å². The zero-order chi connectivity index (χ0) is 22.2. The summed E-state index contributed by atoms with van der Waals surface area (Å²) in [5.74, 6) is 2.56. The third-order valence-corrected chi connectivity index (χ3v) is 7.70.